The third-order valence-electron chi connectivity index (χ3n) is 2.98. The molecule has 1 fully saturated rings. The summed E-state index contributed by atoms with van der Waals surface area (Å²) >= 11 is 0. The predicted molar refractivity (Wildman–Crippen MR) is 80.1 cm³/mol. The van der Waals surface area contributed by atoms with Gasteiger partial charge in [-0.15, -0.1) is 0 Å². The number of anilines is 1. The Morgan fingerprint density at radius 2 is 2.10 bits per heavy atom. The normalized spacial score (nSPS) is 17.0. The Bertz CT molecular complexity index is 455. The summed E-state index contributed by atoms with van der Waals surface area (Å²) in [7, 11) is 0. The van der Waals surface area contributed by atoms with Gasteiger partial charge in [0.05, 0.1) is 13.2 Å². The molecule has 1 amide bonds. The molecule has 1 aliphatic heterocycles. The van der Waals surface area contributed by atoms with Gasteiger partial charge in [-0.3, -0.25) is 5.32 Å². The molecule has 5 heteroatoms. The van der Waals surface area contributed by atoms with Crippen molar-refractivity contribution in [2.45, 2.75) is 32.2 Å². The van der Waals surface area contributed by atoms with Crippen molar-refractivity contribution in [3.05, 3.63) is 42.5 Å². The SMILES string of the molecule is C[C@@H](/C=C/CCC1OCCO1)OC(=O)Nc1ccccc1. The Hall–Kier alpha value is -1.85. The number of para-hydroxylation sites is 1. The third-order valence-corrected chi connectivity index (χ3v) is 2.98. The quantitative estimate of drug-likeness (QED) is 0.817. The summed E-state index contributed by atoms with van der Waals surface area (Å²) in [6.07, 6.45) is 4.66. The fraction of sp³-hybridized carbons (Fsp3) is 0.438. The number of benzene rings is 1. The van der Waals surface area contributed by atoms with E-state index in [0.29, 0.717) is 18.9 Å². The first-order valence-corrected chi connectivity index (χ1v) is 7.16. The number of hydrogen-bond donors (Lipinski definition) is 1. The second-order valence-corrected chi connectivity index (χ2v) is 4.78. The van der Waals surface area contributed by atoms with Crippen LogP contribution in [0.5, 0.6) is 0 Å². The zero-order chi connectivity index (χ0) is 14.9. The number of carbonyl (C=O) groups excluding carboxylic acids is 1. The zero-order valence-electron chi connectivity index (χ0n) is 12.2. The van der Waals surface area contributed by atoms with Crippen molar-refractivity contribution < 1.29 is 19.0 Å². The van der Waals surface area contributed by atoms with E-state index >= 15 is 0 Å². The van der Waals surface area contributed by atoms with Crippen LogP contribution in [0, 0.1) is 0 Å². The second-order valence-electron chi connectivity index (χ2n) is 4.78. The molecule has 1 heterocycles. The topological polar surface area (TPSA) is 56.8 Å². The Morgan fingerprint density at radius 3 is 2.81 bits per heavy atom. The highest BCUT2D eigenvalue weighted by atomic mass is 16.7. The van der Waals surface area contributed by atoms with Crippen LogP contribution >= 0.6 is 0 Å². The van der Waals surface area contributed by atoms with Crippen molar-refractivity contribution in [2.75, 3.05) is 18.5 Å². The summed E-state index contributed by atoms with van der Waals surface area (Å²) in [6, 6.07) is 9.21. The monoisotopic (exact) mass is 291 g/mol. The average Bonchev–Trinajstić information content (AvgIpc) is 2.98. The van der Waals surface area contributed by atoms with Crippen LogP contribution < -0.4 is 5.32 Å². The van der Waals surface area contributed by atoms with E-state index < -0.39 is 6.09 Å². The highest BCUT2D eigenvalue weighted by molar-refractivity contribution is 5.84. The lowest BCUT2D eigenvalue weighted by Gasteiger charge is -2.11. The molecule has 5 nitrogen and oxygen atoms in total. The molecule has 1 aromatic carbocycles. The number of carbonyl (C=O) groups is 1. The number of rotatable bonds is 6. The summed E-state index contributed by atoms with van der Waals surface area (Å²) in [6.45, 7) is 3.17. The molecule has 1 aromatic rings. The first-order valence-electron chi connectivity index (χ1n) is 7.16. The van der Waals surface area contributed by atoms with Gasteiger partial charge in [0, 0.05) is 12.1 Å². The maximum absolute atomic E-state index is 11.7. The molecule has 1 atom stereocenters. The largest absolute Gasteiger partial charge is 0.442 e. The average molecular weight is 291 g/mol. The number of amides is 1. The molecule has 2 rings (SSSR count). The summed E-state index contributed by atoms with van der Waals surface area (Å²) in [5, 5.41) is 2.67. The second kappa shape index (κ2) is 8.44. The minimum absolute atomic E-state index is 0.0905. The molecule has 21 heavy (non-hydrogen) atoms. The fourth-order valence-corrected chi connectivity index (χ4v) is 1.97. The van der Waals surface area contributed by atoms with Gasteiger partial charge in [0.25, 0.3) is 0 Å². The van der Waals surface area contributed by atoms with Gasteiger partial charge in [-0.25, -0.2) is 4.79 Å². The van der Waals surface area contributed by atoms with Gasteiger partial charge >= 0.3 is 6.09 Å². The van der Waals surface area contributed by atoms with E-state index in [1.54, 1.807) is 0 Å². The molecule has 0 radical (unpaired) electrons. The van der Waals surface area contributed by atoms with Crippen molar-refractivity contribution >= 4 is 11.8 Å². The molecule has 1 N–H and O–H groups in total. The third kappa shape index (κ3) is 5.97. The smallest absolute Gasteiger partial charge is 0.412 e. The maximum atomic E-state index is 11.7. The fourth-order valence-electron chi connectivity index (χ4n) is 1.97. The molecule has 1 aliphatic rings. The van der Waals surface area contributed by atoms with Crippen molar-refractivity contribution in [2.24, 2.45) is 0 Å². The molecule has 114 valence electrons. The van der Waals surface area contributed by atoms with E-state index in [4.69, 9.17) is 14.2 Å². The van der Waals surface area contributed by atoms with E-state index in [1.807, 2.05) is 49.4 Å². The van der Waals surface area contributed by atoms with Gasteiger partial charge in [-0.05, 0) is 31.6 Å². The molecule has 0 saturated carbocycles. The van der Waals surface area contributed by atoms with E-state index in [0.717, 1.165) is 12.8 Å². The van der Waals surface area contributed by atoms with Gasteiger partial charge in [-0.2, -0.15) is 0 Å². The Labute approximate surface area is 124 Å². The summed E-state index contributed by atoms with van der Waals surface area (Å²) < 4.78 is 15.9. The first-order chi connectivity index (χ1) is 10.2. The van der Waals surface area contributed by atoms with Crippen molar-refractivity contribution in [1.29, 1.82) is 0 Å². The Morgan fingerprint density at radius 1 is 1.38 bits per heavy atom. The molecule has 1 saturated heterocycles. The first kappa shape index (κ1) is 15.5. The molecule has 0 unspecified atom stereocenters. The van der Waals surface area contributed by atoms with Crippen LogP contribution in [0.4, 0.5) is 10.5 Å². The minimum Gasteiger partial charge on any atom is -0.442 e. The lowest BCUT2D eigenvalue weighted by atomic mass is 10.2. The van der Waals surface area contributed by atoms with Gasteiger partial charge < -0.3 is 14.2 Å². The van der Waals surface area contributed by atoms with Crippen LogP contribution in [0.3, 0.4) is 0 Å². The number of hydrogen-bond acceptors (Lipinski definition) is 4. The minimum atomic E-state index is -0.458. The Kier molecular flexibility index (Phi) is 6.24. The molecule has 0 aromatic heterocycles. The van der Waals surface area contributed by atoms with Crippen LogP contribution in [-0.2, 0) is 14.2 Å². The summed E-state index contributed by atoms with van der Waals surface area (Å²) in [5.41, 5.74) is 0.717. The summed E-state index contributed by atoms with van der Waals surface area (Å²) in [4.78, 5) is 11.7. The van der Waals surface area contributed by atoms with E-state index in [2.05, 4.69) is 5.32 Å². The van der Waals surface area contributed by atoms with E-state index in [-0.39, 0.29) is 12.4 Å². The highest BCUT2D eigenvalue weighted by Gasteiger charge is 2.14. The number of ether oxygens (including phenoxy) is 3. The number of nitrogens with one attached hydrogen (secondary N) is 1. The Balaban J connectivity index is 1.63. The van der Waals surface area contributed by atoms with Crippen LogP contribution in [0.2, 0.25) is 0 Å². The van der Waals surface area contributed by atoms with Gasteiger partial charge in [0.1, 0.15) is 6.10 Å². The van der Waals surface area contributed by atoms with Crippen molar-refractivity contribution in [3.8, 4) is 0 Å². The van der Waals surface area contributed by atoms with Crippen molar-refractivity contribution in [1.82, 2.24) is 0 Å². The van der Waals surface area contributed by atoms with Crippen LogP contribution in [0.15, 0.2) is 42.5 Å². The standard InChI is InChI=1S/C16H21NO4/c1-13(7-5-6-10-15-19-11-12-20-15)21-16(18)17-14-8-3-2-4-9-14/h2-5,7-9,13,15H,6,10-12H2,1H3,(H,17,18)/b7-5+/t13-/m0/s1. The lowest BCUT2D eigenvalue weighted by molar-refractivity contribution is -0.0457. The van der Waals surface area contributed by atoms with Crippen LogP contribution in [-0.4, -0.2) is 31.7 Å². The van der Waals surface area contributed by atoms with Gasteiger partial charge in [0.2, 0.25) is 0 Å². The predicted octanol–water partition coefficient (Wildman–Crippen LogP) is 3.33. The molecular weight excluding hydrogens is 270 g/mol. The van der Waals surface area contributed by atoms with E-state index in [9.17, 15) is 4.79 Å². The highest BCUT2D eigenvalue weighted by Crippen LogP contribution is 2.11. The maximum Gasteiger partial charge on any atom is 0.412 e. The van der Waals surface area contributed by atoms with E-state index in [1.165, 1.54) is 0 Å². The zero-order valence-corrected chi connectivity index (χ0v) is 12.2. The van der Waals surface area contributed by atoms with Gasteiger partial charge in [0.15, 0.2) is 6.29 Å². The van der Waals surface area contributed by atoms with Crippen LogP contribution in [0.25, 0.3) is 0 Å². The molecule has 0 spiro atoms. The molecule has 0 aliphatic carbocycles. The number of allylic oxidation sites excluding steroid dienone is 1. The molecule has 0 bridgehead atoms. The van der Waals surface area contributed by atoms with Gasteiger partial charge in [-0.1, -0.05) is 24.3 Å². The van der Waals surface area contributed by atoms with Crippen molar-refractivity contribution in [3.63, 3.8) is 0 Å². The summed E-state index contributed by atoms with van der Waals surface area (Å²) in [5.74, 6) is 0. The molecular formula is C16H21NO4. The van der Waals surface area contributed by atoms with Crippen LogP contribution in [0.1, 0.15) is 19.8 Å². The lowest BCUT2D eigenvalue weighted by Crippen LogP contribution is -2.18.